The van der Waals surface area contributed by atoms with Crippen LogP contribution in [-0.2, 0) is 19.1 Å². The van der Waals surface area contributed by atoms with Gasteiger partial charge in [-0.3, -0.25) is 0 Å². The lowest BCUT2D eigenvalue weighted by atomic mass is 10.0. The first-order valence-electron chi connectivity index (χ1n) is 6.29. The minimum atomic E-state index is -1.29. The molecule has 21 heavy (non-hydrogen) atoms. The number of hydrogen-bond donors (Lipinski definition) is 1. The molecule has 0 unspecified atom stereocenters. The van der Waals surface area contributed by atoms with E-state index in [1.54, 1.807) is 13.0 Å². The maximum absolute atomic E-state index is 11.9. The van der Waals surface area contributed by atoms with E-state index in [9.17, 15) is 14.7 Å². The molecule has 0 radical (unpaired) electrons. The molecule has 0 amide bonds. The van der Waals surface area contributed by atoms with Gasteiger partial charge in [0.05, 0.1) is 7.11 Å². The average Bonchev–Trinajstić information content (AvgIpc) is 2.34. The summed E-state index contributed by atoms with van der Waals surface area (Å²) in [7, 11) is 1.48. The first kappa shape index (κ1) is 14.9. The number of benzene rings is 1. The van der Waals surface area contributed by atoms with Crippen molar-refractivity contribution in [1.29, 1.82) is 0 Å². The smallest absolute Gasteiger partial charge is 0.348 e. The van der Waals surface area contributed by atoms with Crippen LogP contribution in [0.5, 0.6) is 11.5 Å². The highest BCUT2D eigenvalue weighted by atomic mass is 16.7. The van der Waals surface area contributed by atoms with Crippen molar-refractivity contribution in [3.05, 3.63) is 28.8 Å². The molecule has 1 fully saturated rings. The molecule has 0 atom stereocenters. The van der Waals surface area contributed by atoms with Crippen LogP contribution >= 0.6 is 0 Å². The predicted octanol–water partition coefficient (Wildman–Crippen LogP) is 1.93. The standard InChI is InChI=1S/C15H16O6/c1-8-5-9(19-4)6-12(16)10(8)7-11-13(17)20-15(2,3)21-14(11)18/h5-7,16H,1-4H3. The molecule has 1 aromatic rings. The molecule has 1 N–H and O–H groups in total. The molecule has 0 bridgehead atoms. The Balaban J connectivity index is 2.45. The third-order valence-electron chi connectivity index (χ3n) is 2.98. The van der Waals surface area contributed by atoms with Crippen LogP contribution in [0.4, 0.5) is 0 Å². The molecule has 1 aliphatic rings. The van der Waals surface area contributed by atoms with Gasteiger partial charge in [-0.2, -0.15) is 0 Å². The highest BCUT2D eigenvalue weighted by Gasteiger charge is 2.39. The van der Waals surface area contributed by atoms with Gasteiger partial charge in [0.15, 0.2) is 0 Å². The van der Waals surface area contributed by atoms with Crippen LogP contribution in [0.15, 0.2) is 17.7 Å². The second kappa shape index (κ2) is 5.12. The van der Waals surface area contributed by atoms with Gasteiger partial charge in [0, 0.05) is 25.5 Å². The summed E-state index contributed by atoms with van der Waals surface area (Å²) in [5.74, 6) is -2.49. The zero-order valence-electron chi connectivity index (χ0n) is 12.2. The Morgan fingerprint density at radius 1 is 1.19 bits per heavy atom. The first-order chi connectivity index (χ1) is 9.73. The van der Waals surface area contributed by atoms with E-state index in [-0.39, 0.29) is 11.3 Å². The Morgan fingerprint density at radius 2 is 1.76 bits per heavy atom. The zero-order valence-corrected chi connectivity index (χ0v) is 12.2. The maximum atomic E-state index is 11.9. The van der Waals surface area contributed by atoms with Crippen LogP contribution in [-0.4, -0.2) is 29.9 Å². The number of hydrogen-bond acceptors (Lipinski definition) is 6. The molecule has 6 nitrogen and oxygen atoms in total. The molecule has 1 aromatic carbocycles. The summed E-state index contributed by atoms with van der Waals surface area (Å²) in [6, 6.07) is 3.07. The quantitative estimate of drug-likeness (QED) is 0.509. The Hall–Kier alpha value is -2.50. The van der Waals surface area contributed by atoms with Crippen LogP contribution in [0.2, 0.25) is 0 Å². The third kappa shape index (κ3) is 2.99. The van der Waals surface area contributed by atoms with Crippen LogP contribution < -0.4 is 4.74 Å². The van der Waals surface area contributed by atoms with E-state index < -0.39 is 17.7 Å². The molecule has 112 valence electrons. The number of carbonyl (C=O) groups is 2. The van der Waals surface area contributed by atoms with Gasteiger partial charge >= 0.3 is 11.9 Å². The van der Waals surface area contributed by atoms with Crippen molar-refractivity contribution in [2.75, 3.05) is 7.11 Å². The van der Waals surface area contributed by atoms with Crippen LogP contribution in [0.1, 0.15) is 25.0 Å². The molecular weight excluding hydrogens is 276 g/mol. The number of aryl methyl sites for hydroxylation is 1. The van der Waals surface area contributed by atoms with Gasteiger partial charge in [-0.25, -0.2) is 9.59 Å². The number of cyclic esters (lactones) is 2. The van der Waals surface area contributed by atoms with Crippen molar-refractivity contribution in [2.45, 2.75) is 26.6 Å². The summed E-state index contributed by atoms with van der Waals surface area (Å²) in [6.45, 7) is 4.66. The van der Waals surface area contributed by atoms with E-state index in [4.69, 9.17) is 14.2 Å². The average molecular weight is 292 g/mol. The number of aromatic hydroxyl groups is 1. The lowest BCUT2D eigenvalue weighted by molar-refractivity contribution is -0.222. The highest BCUT2D eigenvalue weighted by molar-refractivity contribution is 6.19. The van der Waals surface area contributed by atoms with Gasteiger partial charge in [0.2, 0.25) is 0 Å². The van der Waals surface area contributed by atoms with Crippen molar-refractivity contribution >= 4 is 18.0 Å². The fraction of sp³-hybridized carbons (Fsp3) is 0.333. The Bertz CT molecular complexity index is 597. The van der Waals surface area contributed by atoms with Crippen molar-refractivity contribution in [2.24, 2.45) is 0 Å². The van der Waals surface area contributed by atoms with Gasteiger partial charge in [0.25, 0.3) is 5.79 Å². The molecule has 1 aliphatic heterocycles. The van der Waals surface area contributed by atoms with Gasteiger partial charge in [-0.05, 0) is 24.6 Å². The number of esters is 2. The molecule has 1 heterocycles. The Labute approximate surface area is 121 Å². The summed E-state index contributed by atoms with van der Waals surface area (Å²) in [6.07, 6.45) is 1.25. The van der Waals surface area contributed by atoms with Crippen molar-refractivity contribution in [3.8, 4) is 11.5 Å². The third-order valence-corrected chi connectivity index (χ3v) is 2.98. The van der Waals surface area contributed by atoms with Crippen LogP contribution in [0, 0.1) is 6.92 Å². The molecule has 1 saturated heterocycles. The molecule has 0 saturated carbocycles. The van der Waals surface area contributed by atoms with Gasteiger partial charge in [-0.15, -0.1) is 0 Å². The number of ether oxygens (including phenoxy) is 3. The summed E-state index contributed by atoms with van der Waals surface area (Å²) >= 11 is 0. The molecular formula is C15H16O6. The maximum Gasteiger partial charge on any atom is 0.348 e. The number of carbonyl (C=O) groups excluding carboxylic acids is 2. The Morgan fingerprint density at radius 3 is 2.24 bits per heavy atom. The summed E-state index contributed by atoms with van der Waals surface area (Å²) < 4.78 is 15.0. The first-order valence-corrected chi connectivity index (χ1v) is 6.29. The fourth-order valence-corrected chi connectivity index (χ4v) is 1.98. The molecule has 6 heteroatoms. The minimum Gasteiger partial charge on any atom is -0.507 e. The fourth-order valence-electron chi connectivity index (χ4n) is 1.98. The lowest BCUT2D eigenvalue weighted by Gasteiger charge is -2.29. The van der Waals surface area contributed by atoms with E-state index in [1.165, 1.54) is 33.1 Å². The summed E-state index contributed by atoms with van der Waals surface area (Å²) in [4.78, 5) is 23.7. The molecule has 2 rings (SSSR count). The lowest BCUT2D eigenvalue weighted by Crippen LogP contribution is -2.41. The molecule has 0 aliphatic carbocycles. The topological polar surface area (TPSA) is 82.1 Å². The van der Waals surface area contributed by atoms with E-state index in [0.717, 1.165) is 0 Å². The summed E-state index contributed by atoms with van der Waals surface area (Å²) in [5.41, 5.74) is 0.710. The number of phenolic OH excluding ortho intramolecular Hbond substituents is 1. The Kier molecular flexibility index (Phi) is 3.63. The van der Waals surface area contributed by atoms with Gasteiger partial charge in [0.1, 0.15) is 17.1 Å². The van der Waals surface area contributed by atoms with Crippen molar-refractivity contribution in [1.82, 2.24) is 0 Å². The van der Waals surface area contributed by atoms with Crippen LogP contribution in [0.25, 0.3) is 6.08 Å². The van der Waals surface area contributed by atoms with Gasteiger partial charge < -0.3 is 19.3 Å². The van der Waals surface area contributed by atoms with Crippen molar-refractivity contribution < 1.29 is 28.9 Å². The largest absolute Gasteiger partial charge is 0.507 e. The normalized spacial score (nSPS) is 17.0. The van der Waals surface area contributed by atoms with E-state index >= 15 is 0 Å². The highest BCUT2D eigenvalue weighted by Crippen LogP contribution is 2.31. The van der Waals surface area contributed by atoms with E-state index in [0.29, 0.717) is 16.9 Å². The predicted molar refractivity (Wildman–Crippen MR) is 73.6 cm³/mol. The van der Waals surface area contributed by atoms with Gasteiger partial charge in [-0.1, -0.05) is 0 Å². The number of phenols is 1. The monoisotopic (exact) mass is 292 g/mol. The molecule has 0 spiro atoms. The number of methoxy groups -OCH3 is 1. The summed E-state index contributed by atoms with van der Waals surface area (Å²) in [5, 5.41) is 9.98. The molecule has 0 aromatic heterocycles. The van der Waals surface area contributed by atoms with E-state index in [1.807, 2.05) is 0 Å². The second-order valence-corrected chi connectivity index (χ2v) is 5.11. The van der Waals surface area contributed by atoms with E-state index in [2.05, 4.69) is 0 Å². The SMILES string of the molecule is COc1cc(C)c(C=C2C(=O)OC(C)(C)OC2=O)c(O)c1. The zero-order chi connectivity index (χ0) is 15.8. The van der Waals surface area contributed by atoms with Crippen molar-refractivity contribution in [3.63, 3.8) is 0 Å². The van der Waals surface area contributed by atoms with Crippen LogP contribution in [0.3, 0.4) is 0 Å². The minimum absolute atomic E-state index is 0.107. The second-order valence-electron chi connectivity index (χ2n) is 5.11. The number of rotatable bonds is 2.